The predicted molar refractivity (Wildman–Crippen MR) is 133 cm³/mol. The van der Waals surface area contributed by atoms with Crippen molar-refractivity contribution in [1.29, 1.82) is 0 Å². The molecule has 3 rings (SSSR count). The van der Waals surface area contributed by atoms with Gasteiger partial charge in [-0.1, -0.05) is 24.3 Å². The smallest absolute Gasteiger partial charge is 0.187 e. The van der Waals surface area contributed by atoms with E-state index in [0.717, 1.165) is 5.56 Å². The molecule has 12 nitrogen and oxygen atoms in total. The molecule has 0 radical (unpaired) electrons. The number of aliphatic hydroxyl groups excluding tert-OH is 6. The zero-order valence-electron chi connectivity index (χ0n) is 21.0. The average Bonchev–Trinajstić information content (AvgIpc) is 2.93. The first-order valence-corrected chi connectivity index (χ1v) is 11.8. The van der Waals surface area contributed by atoms with Crippen LogP contribution in [0.2, 0.25) is 0 Å². The minimum Gasteiger partial charge on any atom is -0.504 e. The lowest BCUT2D eigenvalue weighted by Crippen LogP contribution is -2.59. The number of methoxy groups -OCH3 is 2. The van der Waals surface area contributed by atoms with E-state index in [-0.39, 0.29) is 23.9 Å². The second kappa shape index (κ2) is 13.7. The molecule has 1 aliphatic heterocycles. The average molecular weight is 539 g/mol. The number of hydrogen-bond acceptors (Lipinski definition) is 12. The first-order valence-electron chi connectivity index (χ1n) is 11.8. The summed E-state index contributed by atoms with van der Waals surface area (Å²) in [5, 5.41) is 70.1. The maximum absolute atomic E-state index is 10.5. The molecule has 0 saturated carbocycles. The topological polar surface area (TPSA) is 188 Å². The van der Waals surface area contributed by atoms with Crippen LogP contribution in [0.4, 0.5) is 0 Å². The van der Waals surface area contributed by atoms with Crippen LogP contribution in [0.1, 0.15) is 17.2 Å². The minimum atomic E-state index is -1.71. The molecule has 0 aliphatic carbocycles. The van der Waals surface area contributed by atoms with Gasteiger partial charge in [-0.3, -0.25) is 0 Å². The molecule has 0 aromatic heterocycles. The Kier molecular flexibility index (Phi) is 10.7. The number of benzene rings is 2. The number of rotatable bonds is 12. The largest absolute Gasteiger partial charge is 0.504 e. The molecule has 7 atom stereocenters. The maximum Gasteiger partial charge on any atom is 0.187 e. The lowest BCUT2D eigenvalue weighted by atomic mass is 9.98. The van der Waals surface area contributed by atoms with Crippen LogP contribution in [0, 0.1) is 0 Å². The lowest BCUT2D eigenvalue weighted by Gasteiger charge is -2.41. The van der Waals surface area contributed by atoms with Crippen LogP contribution in [0.15, 0.2) is 42.5 Å². The third kappa shape index (κ3) is 6.73. The van der Waals surface area contributed by atoms with Crippen LogP contribution in [0.3, 0.4) is 0 Å². The van der Waals surface area contributed by atoms with Gasteiger partial charge in [0.1, 0.15) is 30.5 Å². The zero-order chi connectivity index (χ0) is 27.8. The van der Waals surface area contributed by atoms with E-state index in [1.807, 2.05) is 0 Å². The fourth-order valence-electron chi connectivity index (χ4n) is 4.02. The Morgan fingerprint density at radius 3 is 2.21 bits per heavy atom. The van der Waals surface area contributed by atoms with Crippen LogP contribution in [-0.4, -0.2) is 107 Å². The molecule has 1 heterocycles. The Hall–Kier alpha value is -2.94. The van der Waals surface area contributed by atoms with Crippen molar-refractivity contribution in [3.63, 3.8) is 0 Å². The maximum atomic E-state index is 10.5. The van der Waals surface area contributed by atoms with Crippen molar-refractivity contribution in [2.24, 2.45) is 0 Å². The fourth-order valence-corrected chi connectivity index (χ4v) is 4.02. The summed E-state index contributed by atoms with van der Waals surface area (Å²) in [5.74, 6) is 0.484. The van der Waals surface area contributed by atoms with E-state index in [4.69, 9.17) is 28.8 Å². The highest BCUT2D eigenvalue weighted by atomic mass is 16.7. The summed E-state index contributed by atoms with van der Waals surface area (Å²) < 4.78 is 28.0. The van der Waals surface area contributed by atoms with Gasteiger partial charge in [-0.2, -0.15) is 0 Å². The SMILES string of the molecule is COc1ccc([C@H](O[C@H]2O[C@H](CO)[C@@H](O)[C@H](O)[C@H]2O)[C@H](CO)Oc2ccc(C=CCO)cc2OC)cc1O. The van der Waals surface area contributed by atoms with Gasteiger partial charge in [0, 0.05) is 0 Å². The lowest BCUT2D eigenvalue weighted by molar-refractivity contribution is -0.318. The fraction of sp³-hybridized carbons (Fsp3) is 0.462. The third-order valence-electron chi connectivity index (χ3n) is 6.06. The summed E-state index contributed by atoms with van der Waals surface area (Å²) in [6, 6.07) is 9.27. The highest BCUT2D eigenvalue weighted by Gasteiger charge is 2.46. The van der Waals surface area contributed by atoms with E-state index in [1.165, 1.54) is 26.4 Å². The minimum absolute atomic E-state index is 0.140. The number of aromatic hydroxyl groups is 1. The Labute approximate surface area is 219 Å². The number of aliphatic hydroxyl groups is 6. The van der Waals surface area contributed by atoms with Gasteiger partial charge >= 0.3 is 0 Å². The zero-order valence-corrected chi connectivity index (χ0v) is 21.0. The first-order chi connectivity index (χ1) is 18.3. The highest BCUT2D eigenvalue weighted by molar-refractivity contribution is 5.56. The van der Waals surface area contributed by atoms with E-state index < -0.39 is 56.1 Å². The molecule has 1 saturated heterocycles. The van der Waals surface area contributed by atoms with Gasteiger partial charge in [0.05, 0.1) is 34.0 Å². The van der Waals surface area contributed by atoms with Crippen molar-refractivity contribution in [2.75, 3.05) is 34.0 Å². The summed E-state index contributed by atoms with van der Waals surface area (Å²) in [4.78, 5) is 0. The molecule has 7 N–H and O–H groups in total. The molecule has 0 spiro atoms. The Bertz CT molecular complexity index is 1060. The molecule has 1 aliphatic rings. The van der Waals surface area contributed by atoms with Crippen molar-refractivity contribution < 1.29 is 59.4 Å². The normalized spacial score (nSPS) is 25.2. The molecule has 0 unspecified atom stereocenters. The van der Waals surface area contributed by atoms with Crippen LogP contribution < -0.4 is 14.2 Å². The summed E-state index contributed by atoms with van der Waals surface area (Å²) >= 11 is 0. The Morgan fingerprint density at radius 1 is 0.895 bits per heavy atom. The molecule has 12 heteroatoms. The van der Waals surface area contributed by atoms with E-state index in [1.54, 1.807) is 36.4 Å². The second-order valence-electron chi connectivity index (χ2n) is 8.52. The number of phenolic OH excluding ortho intramolecular Hbond substituents is 1. The van der Waals surface area contributed by atoms with E-state index >= 15 is 0 Å². The van der Waals surface area contributed by atoms with E-state index in [9.17, 15) is 30.6 Å². The van der Waals surface area contributed by atoms with Gasteiger partial charge in [-0.05, 0) is 35.4 Å². The van der Waals surface area contributed by atoms with Crippen molar-refractivity contribution in [1.82, 2.24) is 0 Å². The van der Waals surface area contributed by atoms with Crippen molar-refractivity contribution >= 4 is 6.08 Å². The van der Waals surface area contributed by atoms with Crippen molar-refractivity contribution in [3.05, 3.63) is 53.6 Å². The van der Waals surface area contributed by atoms with Gasteiger partial charge in [-0.15, -0.1) is 0 Å². The van der Waals surface area contributed by atoms with Crippen molar-refractivity contribution in [2.45, 2.75) is 42.9 Å². The van der Waals surface area contributed by atoms with Crippen molar-refractivity contribution in [3.8, 4) is 23.0 Å². The standard InChI is InChI=1S/C26H34O12/c1-34-17-8-6-15(11-16(17)30)25(38-26-24(33)23(32)22(31)20(12-28)37-26)21(13-29)36-18-7-5-14(4-3-9-27)10-19(18)35-2/h3-8,10-11,20-33H,9,12-13H2,1-2H3/t20-,21+,22-,23+,24-,25+,26-/m1/s1. The molecule has 1 fully saturated rings. The second-order valence-corrected chi connectivity index (χ2v) is 8.52. The van der Waals surface area contributed by atoms with E-state index in [2.05, 4.69) is 0 Å². The summed E-state index contributed by atoms with van der Waals surface area (Å²) in [7, 11) is 2.81. The predicted octanol–water partition coefficient (Wildman–Crippen LogP) is -0.288. The summed E-state index contributed by atoms with van der Waals surface area (Å²) in [6.07, 6.45) is -6.92. The van der Waals surface area contributed by atoms with Gasteiger partial charge < -0.3 is 59.4 Å². The van der Waals surface area contributed by atoms with Gasteiger partial charge in [0.25, 0.3) is 0 Å². The molecule has 2 aromatic carbocycles. The molecule has 0 amide bonds. The van der Waals surface area contributed by atoms with Crippen LogP contribution in [0.25, 0.3) is 6.08 Å². The number of hydrogen-bond donors (Lipinski definition) is 7. The highest BCUT2D eigenvalue weighted by Crippen LogP contribution is 2.37. The molecule has 2 aromatic rings. The first kappa shape index (κ1) is 29.6. The van der Waals surface area contributed by atoms with Gasteiger partial charge in [0.2, 0.25) is 0 Å². The molecule has 38 heavy (non-hydrogen) atoms. The van der Waals surface area contributed by atoms with Gasteiger partial charge in [-0.25, -0.2) is 0 Å². The Balaban J connectivity index is 1.97. The summed E-state index contributed by atoms with van der Waals surface area (Å²) in [5.41, 5.74) is 1.01. The third-order valence-corrected chi connectivity index (χ3v) is 6.06. The Morgan fingerprint density at radius 2 is 1.61 bits per heavy atom. The van der Waals surface area contributed by atoms with E-state index in [0.29, 0.717) is 11.3 Å². The number of ether oxygens (including phenoxy) is 5. The van der Waals surface area contributed by atoms with Crippen LogP contribution in [-0.2, 0) is 9.47 Å². The molecule has 210 valence electrons. The number of phenols is 1. The molecular formula is C26H34O12. The summed E-state index contributed by atoms with van der Waals surface area (Å²) in [6.45, 7) is -1.41. The van der Waals surface area contributed by atoms with Crippen LogP contribution >= 0.6 is 0 Å². The van der Waals surface area contributed by atoms with Crippen LogP contribution in [0.5, 0.6) is 23.0 Å². The molecule has 0 bridgehead atoms. The molecular weight excluding hydrogens is 504 g/mol. The van der Waals surface area contributed by atoms with Gasteiger partial charge in [0.15, 0.2) is 35.4 Å². The monoisotopic (exact) mass is 538 g/mol. The quantitative estimate of drug-likeness (QED) is 0.187.